The zero-order valence-corrected chi connectivity index (χ0v) is 14.2. The first-order chi connectivity index (χ1) is 12.1. The van der Waals surface area contributed by atoms with Crippen molar-refractivity contribution < 1.29 is 19.1 Å². The van der Waals surface area contributed by atoms with E-state index in [0.29, 0.717) is 21.9 Å². The average molecular weight is 358 g/mol. The lowest BCUT2D eigenvalue weighted by Crippen LogP contribution is -2.13. The second-order valence-electron chi connectivity index (χ2n) is 5.14. The van der Waals surface area contributed by atoms with Crippen molar-refractivity contribution >= 4 is 23.4 Å². The third kappa shape index (κ3) is 6.28. The van der Waals surface area contributed by atoms with Gasteiger partial charge in [-0.25, -0.2) is 0 Å². The van der Waals surface area contributed by atoms with E-state index in [2.05, 4.69) is 0 Å². The fraction of sp³-hybridized carbons (Fsp3) is 0.211. The summed E-state index contributed by atoms with van der Waals surface area (Å²) >= 11 is 5.76. The summed E-state index contributed by atoms with van der Waals surface area (Å²) in [4.78, 5) is 23.6. The number of ketones is 1. The highest BCUT2D eigenvalue weighted by molar-refractivity contribution is 6.30. The molecule has 6 heteroatoms. The van der Waals surface area contributed by atoms with Crippen molar-refractivity contribution in [1.82, 2.24) is 0 Å². The topological polar surface area (TPSA) is 76.4 Å². The van der Waals surface area contributed by atoms with E-state index in [-0.39, 0.29) is 31.8 Å². The fourth-order valence-electron chi connectivity index (χ4n) is 2.01. The van der Waals surface area contributed by atoms with Gasteiger partial charge in [-0.2, -0.15) is 5.26 Å². The van der Waals surface area contributed by atoms with Gasteiger partial charge in [0.25, 0.3) is 0 Å². The first kappa shape index (κ1) is 18.5. The number of esters is 1. The van der Waals surface area contributed by atoms with Crippen LogP contribution in [0.4, 0.5) is 0 Å². The number of rotatable bonds is 8. The Bertz CT molecular complexity index is 764. The number of carbonyl (C=O) groups is 2. The normalized spacial score (nSPS) is 9.92. The van der Waals surface area contributed by atoms with Gasteiger partial charge in [-0.1, -0.05) is 11.6 Å². The highest BCUT2D eigenvalue weighted by Crippen LogP contribution is 2.13. The molecule has 0 fully saturated rings. The standard InChI is InChI=1S/C19H16ClNO4/c20-16-5-3-15(4-6-16)18(22)9-10-19(23)25-12-11-24-17-7-1-14(13-21)2-8-17/h1-8H,9-12H2. The van der Waals surface area contributed by atoms with Crippen molar-refractivity contribution in [2.45, 2.75) is 12.8 Å². The lowest BCUT2D eigenvalue weighted by Gasteiger charge is -2.07. The van der Waals surface area contributed by atoms with Crippen LogP contribution in [-0.4, -0.2) is 25.0 Å². The Kier molecular flexibility index (Phi) is 7.00. The molecule has 2 aromatic rings. The number of benzene rings is 2. The molecule has 0 radical (unpaired) electrons. The molecule has 2 rings (SSSR count). The van der Waals surface area contributed by atoms with E-state index in [4.69, 9.17) is 26.3 Å². The van der Waals surface area contributed by atoms with Crippen LogP contribution >= 0.6 is 11.6 Å². The van der Waals surface area contributed by atoms with Gasteiger partial charge in [0, 0.05) is 17.0 Å². The van der Waals surface area contributed by atoms with Gasteiger partial charge in [-0.05, 0) is 48.5 Å². The lowest BCUT2D eigenvalue weighted by atomic mass is 10.1. The second-order valence-corrected chi connectivity index (χ2v) is 5.57. The van der Waals surface area contributed by atoms with Crippen LogP contribution in [0.1, 0.15) is 28.8 Å². The Labute approximate surface area is 150 Å². The maximum atomic E-state index is 11.9. The highest BCUT2D eigenvalue weighted by Gasteiger charge is 2.10. The Morgan fingerprint density at radius 3 is 2.28 bits per heavy atom. The van der Waals surface area contributed by atoms with E-state index in [1.54, 1.807) is 48.5 Å². The monoisotopic (exact) mass is 357 g/mol. The molecule has 2 aromatic carbocycles. The van der Waals surface area contributed by atoms with Gasteiger partial charge >= 0.3 is 5.97 Å². The number of carbonyl (C=O) groups excluding carboxylic acids is 2. The molecule has 25 heavy (non-hydrogen) atoms. The molecule has 0 aromatic heterocycles. The molecular weight excluding hydrogens is 342 g/mol. The van der Waals surface area contributed by atoms with Gasteiger partial charge in [0.2, 0.25) is 0 Å². The van der Waals surface area contributed by atoms with Crippen molar-refractivity contribution in [1.29, 1.82) is 5.26 Å². The van der Waals surface area contributed by atoms with E-state index < -0.39 is 5.97 Å². The van der Waals surface area contributed by atoms with Crippen molar-refractivity contribution in [3.63, 3.8) is 0 Å². The molecule has 0 amide bonds. The zero-order valence-electron chi connectivity index (χ0n) is 13.4. The van der Waals surface area contributed by atoms with Crippen molar-refractivity contribution in [3.8, 4) is 11.8 Å². The van der Waals surface area contributed by atoms with Gasteiger partial charge in [0.15, 0.2) is 5.78 Å². The maximum absolute atomic E-state index is 11.9. The highest BCUT2D eigenvalue weighted by atomic mass is 35.5. The first-order valence-corrected chi connectivity index (χ1v) is 8.03. The minimum absolute atomic E-state index is 0.0122. The Balaban J connectivity index is 1.64. The van der Waals surface area contributed by atoms with Crippen molar-refractivity contribution in [3.05, 3.63) is 64.7 Å². The molecule has 0 atom stereocenters. The van der Waals surface area contributed by atoms with Crippen LogP contribution in [0.15, 0.2) is 48.5 Å². The Hall–Kier alpha value is -2.84. The van der Waals surface area contributed by atoms with Crippen LogP contribution in [-0.2, 0) is 9.53 Å². The summed E-state index contributed by atoms with van der Waals surface area (Å²) in [6.07, 6.45) is 0.0925. The molecule has 0 aliphatic rings. The Morgan fingerprint density at radius 2 is 1.64 bits per heavy atom. The van der Waals surface area contributed by atoms with Gasteiger partial charge < -0.3 is 9.47 Å². The fourth-order valence-corrected chi connectivity index (χ4v) is 2.13. The molecule has 0 spiro atoms. The predicted molar refractivity (Wildman–Crippen MR) is 92.6 cm³/mol. The number of hydrogen-bond donors (Lipinski definition) is 0. The summed E-state index contributed by atoms with van der Waals surface area (Å²) in [6.45, 7) is 0.288. The van der Waals surface area contributed by atoms with Crippen LogP contribution in [0.2, 0.25) is 5.02 Å². The van der Waals surface area contributed by atoms with E-state index in [0.717, 1.165) is 0 Å². The molecule has 0 N–H and O–H groups in total. The largest absolute Gasteiger partial charge is 0.490 e. The molecule has 0 aliphatic heterocycles. The molecule has 0 saturated heterocycles. The quantitative estimate of drug-likeness (QED) is 0.408. The first-order valence-electron chi connectivity index (χ1n) is 7.66. The van der Waals surface area contributed by atoms with Gasteiger partial charge in [0.05, 0.1) is 18.1 Å². The minimum Gasteiger partial charge on any atom is -0.490 e. The Morgan fingerprint density at radius 1 is 0.960 bits per heavy atom. The van der Waals surface area contributed by atoms with Crippen molar-refractivity contribution in [2.75, 3.05) is 13.2 Å². The number of hydrogen-bond acceptors (Lipinski definition) is 5. The molecule has 128 valence electrons. The van der Waals surface area contributed by atoms with Crippen LogP contribution in [0.3, 0.4) is 0 Å². The van der Waals surface area contributed by atoms with E-state index in [9.17, 15) is 9.59 Å². The third-order valence-electron chi connectivity index (χ3n) is 3.32. The van der Waals surface area contributed by atoms with Crippen LogP contribution in [0.25, 0.3) is 0 Å². The summed E-state index contributed by atoms with van der Waals surface area (Å²) in [5, 5.41) is 9.25. The summed E-state index contributed by atoms with van der Waals surface area (Å²) in [5.74, 6) is 0.00107. The van der Waals surface area contributed by atoms with Gasteiger partial charge in [0.1, 0.15) is 19.0 Å². The SMILES string of the molecule is N#Cc1ccc(OCCOC(=O)CCC(=O)c2ccc(Cl)cc2)cc1. The number of nitrogens with zero attached hydrogens (tertiary/aromatic N) is 1. The molecule has 5 nitrogen and oxygen atoms in total. The number of Topliss-reactive ketones (excluding diaryl/α,β-unsaturated/α-hetero) is 1. The second kappa shape index (κ2) is 9.45. The smallest absolute Gasteiger partial charge is 0.306 e. The molecule has 0 heterocycles. The molecule has 0 saturated carbocycles. The van der Waals surface area contributed by atoms with Crippen LogP contribution < -0.4 is 4.74 Å². The summed E-state index contributed by atoms with van der Waals surface area (Å²) in [5.41, 5.74) is 1.06. The molecular formula is C19H16ClNO4. The number of nitriles is 1. The molecule has 0 unspecified atom stereocenters. The molecule has 0 aliphatic carbocycles. The van der Waals surface area contributed by atoms with Crippen LogP contribution in [0.5, 0.6) is 5.75 Å². The van der Waals surface area contributed by atoms with Gasteiger partial charge in [-0.3, -0.25) is 9.59 Å². The van der Waals surface area contributed by atoms with Crippen LogP contribution in [0, 0.1) is 11.3 Å². The summed E-state index contributed by atoms with van der Waals surface area (Å²) in [7, 11) is 0. The molecule has 0 bridgehead atoms. The van der Waals surface area contributed by atoms with E-state index in [1.165, 1.54) is 0 Å². The maximum Gasteiger partial charge on any atom is 0.306 e. The average Bonchev–Trinajstić information content (AvgIpc) is 2.64. The van der Waals surface area contributed by atoms with E-state index in [1.807, 2.05) is 6.07 Å². The van der Waals surface area contributed by atoms with Crippen molar-refractivity contribution in [2.24, 2.45) is 0 Å². The zero-order chi connectivity index (χ0) is 18.1. The van der Waals surface area contributed by atoms with Gasteiger partial charge in [-0.15, -0.1) is 0 Å². The summed E-state index contributed by atoms with van der Waals surface area (Å²) < 4.78 is 10.4. The number of ether oxygens (including phenoxy) is 2. The minimum atomic E-state index is -0.453. The third-order valence-corrected chi connectivity index (χ3v) is 3.57. The van der Waals surface area contributed by atoms with E-state index >= 15 is 0 Å². The summed E-state index contributed by atoms with van der Waals surface area (Å²) in [6, 6.07) is 15.2. The number of halogens is 1. The lowest BCUT2D eigenvalue weighted by molar-refractivity contribution is -0.144. The predicted octanol–water partition coefficient (Wildman–Crippen LogP) is 3.80.